The van der Waals surface area contributed by atoms with Crippen molar-refractivity contribution in [3.63, 3.8) is 0 Å². The maximum Gasteiger partial charge on any atom is 0.135 e. The number of ether oxygens (including phenoxy) is 2. The summed E-state index contributed by atoms with van der Waals surface area (Å²) in [7, 11) is 1.67. The van der Waals surface area contributed by atoms with Gasteiger partial charge in [0.05, 0.1) is 7.11 Å². The van der Waals surface area contributed by atoms with Crippen molar-refractivity contribution in [2.75, 3.05) is 7.11 Å². The average molecular weight is 379 g/mol. The molecule has 0 atom stereocenters. The summed E-state index contributed by atoms with van der Waals surface area (Å²) in [5.74, 6) is 2.59. The van der Waals surface area contributed by atoms with Crippen molar-refractivity contribution < 1.29 is 9.47 Å². The van der Waals surface area contributed by atoms with Crippen LogP contribution in [0, 0.1) is 0 Å². The molecule has 1 aliphatic rings. The highest BCUT2D eigenvalue weighted by Gasteiger charge is 2.24. The first-order chi connectivity index (χ1) is 11.8. The Balaban J connectivity index is 1.95. The Morgan fingerprint density at radius 2 is 1.33 bits per heavy atom. The first kappa shape index (κ1) is 15.0. The summed E-state index contributed by atoms with van der Waals surface area (Å²) in [4.78, 5) is 0. The molecule has 0 saturated carbocycles. The molecule has 1 heterocycles. The molecule has 0 amide bonds. The van der Waals surface area contributed by atoms with Crippen molar-refractivity contribution in [3.05, 3.63) is 89.5 Å². The van der Waals surface area contributed by atoms with E-state index in [2.05, 4.69) is 40.2 Å². The van der Waals surface area contributed by atoms with Crippen molar-refractivity contribution >= 4 is 26.0 Å². The number of para-hydroxylation sites is 2. The molecule has 2 nitrogen and oxygen atoms in total. The van der Waals surface area contributed by atoms with Crippen LogP contribution in [-0.2, 0) is 0 Å². The molecule has 0 unspecified atom stereocenters. The van der Waals surface area contributed by atoms with E-state index in [-0.39, 0.29) is 0 Å². The monoisotopic (exact) mass is 378 g/mol. The quantitative estimate of drug-likeness (QED) is 0.418. The molecule has 3 aromatic carbocycles. The van der Waals surface area contributed by atoms with Crippen molar-refractivity contribution in [2.24, 2.45) is 0 Å². The molecule has 0 spiro atoms. The van der Waals surface area contributed by atoms with E-state index in [1.165, 1.54) is 0 Å². The third-order valence-corrected chi connectivity index (χ3v) is 4.95. The number of halogens is 1. The predicted molar refractivity (Wildman–Crippen MR) is 101 cm³/mol. The molecule has 0 bridgehead atoms. The van der Waals surface area contributed by atoms with E-state index in [1.807, 2.05) is 48.5 Å². The van der Waals surface area contributed by atoms with E-state index in [0.717, 1.165) is 44.0 Å². The Morgan fingerprint density at radius 3 is 1.88 bits per heavy atom. The van der Waals surface area contributed by atoms with E-state index >= 15 is 0 Å². The van der Waals surface area contributed by atoms with Crippen molar-refractivity contribution in [1.29, 1.82) is 0 Å². The van der Waals surface area contributed by atoms with Crippen molar-refractivity contribution in [3.8, 4) is 17.2 Å². The predicted octanol–water partition coefficient (Wildman–Crippen LogP) is 6.11. The van der Waals surface area contributed by atoms with Crippen LogP contribution < -0.4 is 9.47 Å². The van der Waals surface area contributed by atoms with Gasteiger partial charge in [0.15, 0.2) is 0 Å². The van der Waals surface area contributed by atoms with Gasteiger partial charge in [-0.25, -0.2) is 0 Å². The molecule has 0 saturated heterocycles. The van der Waals surface area contributed by atoms with Gasteiger partial charge in [0.25, 0.3) is 0 Å². The Morgan fingerprint density at radius 1 is 0.792 bits per heavy atom. The highest BCUT2D eigenvalue weighted by Crippen LogP contribution is 2.47. The maximum absolute atomic E-state index is 6.06. The molecule has 3 heteroatoms. The molecular formula is C21H15BrO2. The highest BCUT2D eigenvalue weighted by atomic mass is 79.9. The van der Waals surface area contributed by atoms with E-state index < -0.39 is 0 Å². The van der Waals surface area contributed by atoms with Gasteiger partial charge in [0.1, 0.15) is 17.2 Å². The molecular weight excluding hydrogens is 364 g/mol. The lowest BCUT2D eigenvalue weighted by Crippen LogP contribution is -2.03. The lowest BCUT2D eigenvalue weighted by molar-refractivity contribution is 0.415. The minimum Gasteiger partial charge on any atom is -0.497 e. The van der Waals surface area contributed by atoms with Crippen LogP contribution in [0.15, 0.2) is 72.8 Å². The van der Waals surface area contributed by atoms with Gasteiger partial charge in [0, 0.05) is 21.2 Å². The topological polar surface area (TPSA) is 18.5 Å². The second kappa shape index (κ2) is 6.17. The minimum absolute atomic E-state index is 0.844. The lowest BCUT2D eigenvalue weighted by Gasteiger charge is -2.24. The van der Waals surface area contributed by atoms with Crippen LogP contribution in [0.1, 0.15) is 16.7 Å². The number of benzene rings is 3. The summed E-state index contributed by atoms with van der Waals surface area (Å²) in [6.45, 7) is 0. The second-order valence-corrected chi connectivity index (χ2v) is 6.30. The Labute approximate surface area is 149 Å². The molecule has 0 aliphatic carbocycles. The summed E-state index contributed by atoms with van der Waals surface area (Å²) in [6.07, 6.45) is 0. The van der Waals surface area contributed by atoms with E-state index in [1.54, 1.807) is 7.11 Å². The average Bonchev–Trinajstić information content (AvgIpc) is 2.65. The number of methoxy groups -OCH3 is 1. The fourth-order valence-corrected chi connectivity index (χ4v) is 3.60. The number of hydrogen-bond donors (Lipinski definition) is 0. The van der Waals surface area contributed by atoms with Crippen molar-refractivity contribution in [2.45, 2.75) is 0 Å². The van der Waals surface area contributed by atoms with Gasteiger partial charge in [-0.1, -0.05) is 48.5 Å². The normalized spacial score (nSPS) is 12.0. The zero-order chi connectivity index (χ0) is 16.5. The first-order valence-electron chi connectivity index (χ1n) is 7.69. The summed E-state index contributed by atoms with van der Waals surface area (Å²) in [6, 6.07) is 24.3. The van der Waals surface area contributed by atoms with Gasteiger partial charge in [-0.2, -0.15) is 0 Å². The molecule has 3 aromatic rings. The SMILES string of the molecule is COc1ccc(C(Br)=C2c3ccccc3Oc3ccccc32)cc1. The number of fused-ring (bicyclic) bond motifs is 2. The van der Waals surface area contributed by atoms with Crippen LogP contribution in [-0.4, -0.2) is 7.11 Å². The summed E-state index contributed by atoms with van der Waals surface area (Å²) in [5.41, 5.74) is 4.40. The third kappa shape index (κ3) is 2.51. The molecule has 0 radical (unpaired) electrons. The van der Waals surface area contributed by atoms with Crippen LogP contribution in [0.2, 0.25) is 0 Å². The smallest absolute Gasteiger partial charge is 0.135 e. The van der Waals surface area contributed by atoms with E-state index in [4.69, 9.17) is 9.47 Å². The zero-order valence-corrected chi connectivity index (χ0v) is 14.7. The van der Waals surface area contributed by atoms with Crippen LogP contribution >= 0.6 is 15.9 Å². The highest BCUT2D eigenvalue weighted by molar-refractivity contribution is 9.15. The standard InChI is InChI=1S/C21H15BrO2/c1-23-15-12-10-14(11-13-15)21(22)20-16-6-2-4-8-18(16)24-19-9-5-3-7-17(19)20/h2-13H,1H3. The van der Waals surface area contributed by atoms with Crippen LogP contribution in [0.5, 0.6) is 17.2 Å². The van der Waals surface area contributed by atoms with Gasteiger partial charge < -0.3 is 9.47 Å². The first-order valence-corrected chi connectivity index (χ1v) is 8.48. The maximum atomic E-state index is 6.06. The number of rotatable bonds is 2. The molecule has 1 aliphatic heterocycles. The van der Waals surface area contributed by atoms with E-state index in [0.29, 0.717) is 0 Å². The second-order valence-electron chi connectivity index (χ2n) is 5.51. The molecule has 0 fully saturated rings. The van der Waals surface area contributed by atoms with Crippen LogP contribution in [0.4, 0.5) is 0 Å². The van der Waals surface area contributed by atoms with Crippen LogP contribution in [0.25, 0.3) is 10.1 Å². The van der Waals surface area contributed by atoms with Gasteiger partial charge in [-0.05, 0) is 45.8 Å². The fraction of sp³-hybridized carbons (Fsp3) is 0.0476. The van der Waals surface area contributed by atoms with Crippen molar-refractivity contribution in [1.82, 2.24) is 0 Å². The van der Waals surface area contributed by atoms with Gasteiger partial charge in [0.2, 0.25) is 0 Å². The minimum atomic E-state index is 0.844. The molecule has 4 rings (SSSR count). The molecule has 118 valence electrons. The Kier molecular flexibility index (Phi) is 3.87. The summed E-state index contributed by atoms with van der Waals surface area (Å²) >= 11 is 3.82. The summed E-state index contributed by atoms with van der Waals surface area (Å²) < 4.78 is 12.3. The summed E-state index contributed by atoms with van der Waals surface area (Å²) in [5, 5.41) is 0. The number of hydrogen-bond acceptors (Lipinski definition) is 2. The zero-order valence-electron chi connectivity index (χ0n) is 13.1. The van der Waals surface area contributed by atoms with Crippen LogP contribution in [0.3, 0.4) is 0 Å². The lowest BCUT2D eigenvalue weighted by atomic mass is 9.92. The van der Waals surface area contributed by atoms with Gasteiger partial charge >= 0.3 is 0 Å². The third-order valence-electron chi connectivity index (χ3n) is 4.10. The molecule has 24 heavy (non-hydrogen) atoms. The molecule has 0 N–H and O–H groups in total. The van der Waals surface area contributed by atoms with Gasteiger partial charge in [-0.15, -0.1) is 0 Å². The molecule has 0 aromatic heterocycles. The Bertz CT molecular complexity index is 879. The Hall–Kier alpha value is -2.52. The fourth-order valence-electron chi connectivity index (χ4n) is 2.91. The van der Waals surface area contributed by atoms with Gasteiger partial charge in [-0.3, -0.25) is 0 Å². The largest absolute Gasteiger partial charge is 0.497 e. The van der Waals surface area contributed by atoms with E-state index in [9.17, 15) is 0 Å².